The first-order valence-corrected chi connectivity index (χ1v) is 10.0. The number of carbonyl (C=O) groups is 3. The molecule has 3 heterocycles. The van der Waals surface area contributed by atoms with Gasteiger partial charge in [0.15, 0.2) is 35.1 Å². The van der Waals surface area contributed by atoms with Gasteiger partial charge in [-0.05, 0) is 19.1 Å². The normalized spacial score (nSPS) is 24.0. The highest BCUT2D eigenvalue weighted by molar-refractivity contribution is 7.99. The number of fused-ring (bicyclic) bond motifs is 1. The number of ether oxygens (including phenoxy) is 4. The molecule has 0 aromatic carbocycles. The Bertz CT molecular complexity index is 928. The van der Waals surface area contributed by atoms with E-state index in [2.05, 4.69) is 4.98 Å². The summed E-state index contributed by atoms with van der Waals surface area (Å²) >= 11 is 1.30. The van der Waals surface area contributed by atoms with Gasteiger partial charge in [0.2, 0.25) is 0 Å². The molecule has 0 bridgehead atoms. The van der Waals surface area contributed by atoms with Crippen molar-refractivity contribution in [3.05, 3.63) is 30.2 Å². The largest absolute Gasteiger partial charge is 0.472 e. The van der Waals surface area contributed by atoms with Gasteiger partial charge in [-0.2, -0.15) is 0 Å². The van der Waals surface area contributed by atoms with Crippen LogP contribution in [0.25, 0.3) is 5.65 Å². The van der Waals surface area contributed by atoms with Gasteiger partial charge in [0.1, 0.15) is 0 Å². The van der Waals surface area contributed by atoms with Crippen LogP contribution < -0.4 is 4.74 Å². The third kappa shape index (κ3) is 5.00. The van der Waals surface area contributed by atoms with Crippen LogP contribution in [-0.4, -0.2) is 56.8 Å². The van der Waals surface area contributed by atoms with E-state index in [1.165, 1.54) is 32.5 Å². The molecule has 2 aromatic heterocycles. The highest BCUT2D eigenvalue weighted by Gasteiger charge is 2.47. The Morgan fingerprint density at radius 1 is 1.07 bits per heavy atom. The average Bonchev–Trinajstić information content (AvgIpc) is 3.00. The lowest BCUT2D eigenvalue weighted by atomic mass is 10.1. The second-order valence-corrected chi connectivity index (χ2v) is 7.73. The van der Waals surface area contributed by atoms with Gasteiger partial charge in [-0.25, -0.2) is 4.98 Å². The van der Waals surface area contributed by atoms with Crippen LogP contribution in [0.15, 0.2) is 24.5 Å². The molecule has 29 heavy (non-hydrogen) atoms. The monoisotopic (exact) mass is 422 g/mol. The zero-order valence-electron chi connectivity index (χ0n) is 16.5. The Hall–Kier alpha value is -2.75. The first-order valence-electron chi connectivity index (χ1n) is 8.99. The number of hydrogen-bond donors (Lipinski definition) is 0. The van der Waals surface area contributed by atoms with Crippen molar-refractivity contribution in [1.29, 1.82) is 0 Å². The minimum Gasteiger partial charge on any atom is -0.472 e. The van der Waals surface area contributed by atoms with Crippen molar-refractivity contribution >= 4 is 35.3 Å². The topological polar surface area (TPSA) is 105 Å². The predicted octanol–water partition coefficient (Wildman–Crippen LogP) is 1.89. The maximum Gasteiger partial charge on any atom is 0.303 e. The highest BCUT2D eigenvalue weighted by Crippen LogP contribution is 2.35. The second kappa shape index (κ2) is 8.73. The summed E-state index contributed by atoms with van der Waals surface area (Å²) in [6.07, 6.45) is 0.967. The van der Waals surface area contributed by atoms with Crippen molar-refractivity contribution in [2.75, 3.05) is 5.75 Å². The summed E-state index contributed by atoms with van der Waals surface area (Å²) in [6.45, 7) is 5.62. The Kier molecular flexibility index (Phi) is 6.31. The molecule has 0 aliphatic carbocycles. The molecule has 2 aromatic rings. The van der Waals surface area contributed by atoms with Gasteiger partial charge in [-0.3, -0.25) is 14.4 Å². The van der Waals surface area contributed by atoms with Gasteiger partial charge < -0.3 is 23.3 Å². The number of pyridine rings is 1. The molecule has 0 N–H and O–H groups in total. The third-order valence-corrected chi connectivity index (χ3v) is 5.33. The van der Waals surface area contributed by atoms with Crippen molar-refractivity contribution in [2.45, 2.75) is 51.4 Å². The van der Waals surface area contributed by atoms with Crippen molar-refractivity contribution in [3.8, 4) is 5.75 Å². The summed E-state index contributed by atoms with van der Waals surface area (Å²) in [5.74, 6) is -0.883. The molecule has 4 atom stereocenters. The Labute approximate surface area is 171 Å². The smallest absolute Gasteiger partial charge is 0.303 e. The van der Waals surface area contributed by atoms with Gasteiger partial charge in [-0.1, -0.05) is 0 Å². The van der Waals surface area contributed by atoms with Crippen molar-refractivity contribution in [2.24, 2.45) is 0 Å². The van der Waals surface area contributed by atoms with Crippen LogP contribution >= 0.6 is 11.8 Å². The van der Waals surface area contributed by atoms with E-state index in [4.69, 9.17) is 18.9 Å². The van der Waals surface area contributed by atoms with E-state index in [9.17, 15) is 14.4 Å². The molecule has 0 unspecified atom stereocenters. The lowest BCUT2D eigenvalue weighted by molar-refractivity contribution is -0.186. The molecule has 1 fully saturated rings. The van der Waals surface area contributed by atoms with Crippen LogP contribution in [0.3, 0.4) is 0 Å². The number of aryl methyl sites for hydroxylation is 1. The van der Waals surface area contributed by atoms with Crippen LogP contribution in [0.4, 0.5) is 0 Å². The number of esters is 3. The average molecular weight is 422 g/mol. The zero-order chi connectivity index (χ0) is 21.1. The molecule has 1 aliphatic heterocycles. The summed E-state index contributed by atoms with van der Waals surface area (Å²) in [6, 6.07) is 3.56. The van der Waals surface area contributed by atoms with E-state index in [1.807, 2.05) is 29.8 Å². The number of carbonyl (C=O) groups excluding carboxylic acids is 3. The number of rotatable bonds is 5. The number of thioether (sulfide) groups is 1. The van der Waals surface area contributed by atoms with E-state index < -0.39 is 41.7 Å². The van der Waals surface area contributed by atoms with E-state index in [1.54, 1.807) is 6.07 Å². The first-order chi connectivity index (χ1) is 13.7. The number of aromatic nitrogens is 2. The lowest BCUT2D eigenvalue weighted by Crippen LogP contribution is -2.55. The standard InChI is InChI=1S/C19H22N2O7S/c1-10-8-21-7-5-6-14(18(21)20-10)28-19-17(27-13(4)24)16(26-12(3)23)15(9-29-19)25-11(2)22/h5-8,15-17,19H,9H2,1-4H3/t15-,16+,17-,19+/m1/s1. The Balaban J connectivity index is 1.92. The molecular weight excluding hydrogens is 400 g/mol. The molecule has 1 saturated heterocycles. The van der Waals surface area contributed by atoms with Gasteiger partial charge in [0, 0.05) is 38.9 Å². The quantitative estimate of drug-likeness (QED) is 0.527. The second-order valence-electron chi connectivity index (χ2n) is 6.60. The molecule has 9 nitrogen and oxygen atoms in total. The van der Waals surface area contributed by atoms with Gasteiger partial charge in [0.05, 0.1) is 5.69 Å². The highest BCUT2D eigenvalue weighted by atomic mass is 32.2. The number of hydrogen-bond acceptors (Lipinski definition) is 9. The zero-order valence-corrected chi connectivity index (χ0v) is 17.3. The predicted molar refractivity (Wildman–Crippen MR) is 103 cm³/mol. The van der Waals surface area contributed by atoms with Crippen LogP contribution in [0.1, 0.15) is 26.5 Å². The van der Waals surface area contributed by atoms with Crippen molar-refractivity contribution in [3.63, 3.8) is 0 Å². The Morgan fingerprint density at radius 2 is 1.72 bits per heavy atom. The molecule has 156 valence electrons. The minimum absolute atomic E-state index is 0.302. The molecule has 3 rings (SSSR count). The first kappa shape index (κ1) is 21.0. The summed E-state index contributed by atoms with van der Waals surface area (Å²) < 4.78 is 24.1. The van der Waals surface area contributed by atoms with Crippen LogP contribution in [0.5, 0.6) is 5.75 Å². The third-order valence-electron chi connectivity index (χ3n) is 4.12. The van der Waals surface area contributed by atoms with Gasteiger partial charge >= 0.3 is 17.9 Å². The molecule has 0 amide bonds. The van der Waals surface area contributed by atoms with Gasteiger partial charge in [0.25, 0.3) is 0 Å². The molecule has 0 saturated carbocycles. The number of imidazole rings is 1. The summed E-state index contributed by atoms with van der Waals surface area (Å²) in [7, 11) is 0. The maximum absolute atomic E-state index is 11.7. The molecule has 1 aliphatic rings. The van der Waals surface area contributed by atoms with E-state index in [0.29, 0.717) is 17.1 Å². The van der Waals surface area contributed by atoms with Crippen molar-refractivity contribution in [1.82, 2.24) is 9.38 Å². The molecule has 10 heteroatoms. The SMILES string of the molecule is CC(=O)O[C@@H]1[C@@H](OC(C)=O)[C@@H](Oc2cccn3cc(C)nc23)SC[C@H]1OC(C)=O. The summed E-state index contributed by atoms with van der Waals surface area (Å²) in [4.78, 5) is 39.3. The lowest BCUT2D eigenvalue weighted by Gasteiger charge is -2.39. The number of nitrogens with zero attached hydrogens (tertiary/aromatic N) is 2. The maximum atomic E-state index is 11.7. The van der Waals surface area contributed by atoms with Gasteiger partial charge in [-0.15, -0.1) is 11.8 Å². The van der Waals surface area contributed by atoms with E-state index >= 15 is 0 Å². The fraction of sp³-hybridized carbons (Fsp3) is 0.474. The van der Waals surface area contributed by atoms with Crippen molar-refractivity contribution < 1.29 is 33.3 Å². The van der Waals surface area contributed by atoms with E-state index in [-0.39, 0.29) is 0 Å². The molecule has 0 spiro atoms. The van der Waals surface area contributed by atoms with Crippen LogP contribution in [0, 0.1) is 6.92 Å². The molecule has 0 radical (unpaired) electrons. The summed E-state index contributed by atoms with van der Waals surface area (Å²) in [5.41, 5.74) is 0.734. The van der Waals surface area contributed by atoms with E-state index in [0.717, 1.165) is 5.69 Å². The Morgan fingerprint density at radius 3 is 2.38 bits per heavy atom. The fourth-order valence-corrected chi connectivity index (χ4v) is 4.35. The van der Waals surface area contributed by atoms with Crippen LogP contribution in [-0.2, 0) is 28.6 Å². The minimum atomic E-state index is -0.993. The van der Waals surface area contributed by atoms with Crippen LogP contribution in [0.2, 0.25) is 0 Å². The fourth-order valence-electron chi connectivity index (χ4n) is 3.14. The summed E-state index contributed by atoms with van der Waals surface area (Å²) in [5, 5.41) is 0. The molecular formula is C19H22N2O7S.